The molecule has 1 fully saturated rings. The quantitative estimate of drug-likeness (QED) is 0.818. The number of rotatable bonds is 3. The van der Waals surface area contributed by atoms with Gasteiger partial charge in [0.05, 0.1) is 6.04 Å². The van der Waals surface area contributed by atoms with Gasteiger partial charge in [-0.25, -0.2) is 4.98 Å². The van der Waals surface area contributed by atoms with E-state index in [-0.39, 0.29) is 11.6 Å². The number of hydrogen-bond acceptors (Lipinski definition) is 4. The number of aromatic nitrogens is 3. The van der Waals surface area contributed by atoms with Gasteiger partial charge in [0.15, 0.2) is 5.82 Å². The molecule has 1 atom stereocenters. The minimum Gasteiger partial charge on any atom is -0.370 e. The Morgan fingerprint density at radius 2 is 2.06 bits per heavy atom. The average Bonchev–Trinajstić information content (AvgIpc) is 2.80. The molecule has 0 saturated heterocycles. The van der Waals surface area contributed by atoms with E-state index in [9.17, 15) is 0 Å². The third-order valence-electron chi connectivity index (χ3n) is 3.39. The van der Waals surface area contributed by atoms with Gasteiger partial charge in [-0.2, -0.15) is 5.10 Å². The Morgan fingerprint density at radius 1 is 1.38 bits per heavy atom. The molecule has 1 aliphatic carbocycles. The lowest BCUT2D eigenvalue weighted by Gasteiger charge is -2.33. The fraction of sp³-hybridized carbons (Fsp3) is 0.818. The smallest absolute Gasteiger partial charge is 0.182 e. The molecule has 2 rings (SSSR count). The highest BCUT2D eigenvalue weighted by Gasteiger charge is 2.37. The number of H-pyrrole nitrogens is 1. The molecule has 0 spiro atoms. The maximum absolute atomic E-state index is 5.77. The number of aromatic amines is 1. The van der Waals surface area contributed by atoms with Crippen LogP contribution in [-0.4, -0.2) is 22.3 Å². The Kier molecular flexibility index (Phi) is 3.25. The first-order valence-electron chi connectivity index (χ1n) is 5.91. The van der Waals surface area contributed by atoms with Crippen LogP contribution in [0.1, 0.15) is 56.7 Å². The highest BCUT2D eigenvalue weighted by atomic mass is 16.5. The van der Waals surface area contributed by atoms with Crippen LogP contribution in [0.25, 0.3) is 0 Å². The first-order chi connectivity index (χ1) is 7.68. The van der Waals surface area contributed by atoms with Crippen molar-refractivity contribution in [3.63, 3.8) is 0 Å². The van der Waals surface area contributed by atoms with Gasteiger partial charge in [0.1, 0.15) is 11.4 Å². The van der Waals surface area contributed by atoms with Crippen molar-refractivity contribution in [1.29, 1.82) is 0 Å². The van der Waals surface area contributed by atoms with Gasteiger partial charge in [-0.15, -0.1) is 0 Å². The normalized spacial score (nSPS) is 21.9. The predicted molar refractivity (Wildman–Crippen MR) is 60.8 cm³/mol. The molecule has 1 aliphatic rings. The maximum Gasteiger partial charge on any atom is 0.182 e. The molecule has 1 aromatic heterocycles. The van der Waals surface area contributed by atoms with Crippen molar-refractivity contribution < 1.29 is 4.74 Å². The number of nitrogens with two attached hydrogens (primary N) is 1. The minimum absolute atomic E-state index is 0.112. The Labute approximate surface area is 95.8 Å². The van der Waals surface area contributed by atoms with E-state index in [0.29, 0.717) is 0 Å². The van der Waals surface area contributed by atoms with Crippen LogP contribution < -0.4 is 5.73 Å². The van der Waals surface area contributed by atoms with Crippen LogP contribution in [0.2, 0.25) is 0 Å². The largest absolute Gasteiger partial charge is 0.370 e. The second-order valence-electron chi connectivity index (χ2n) is 4.59. The van der Waals surface area contributed by atoms with Crippen LogP contribution >= 0.6 is 0 Å². The molecule has 1 heterocycles. The summed E-state index contributed by atoms with van der Waals surface area (Å²) in [7, 11) is 1.74. The van der Waals surface area contributed by atoms with E-state index >= 15 is 0 Å². The Bertz CT molecular complexity index is 342. The second-order valence-corrected chi connectivity index (χ2v) is 4.59. The van der Waals surface area contributed by atoms with Gasteiger partial charge in [-0.1, -0.05) is 19.3 Å². The summed E-state index contributed by atoms with van der Waals surface area (Å²) in [5, 5.41) is 7.16. The van der Waals surface area contributed by atoms with Crippen LogP contribution in [0.4, 0.5) is 0 Å². The molecule has 0 bridgehead atoms. The molecule has 5 nitrogen and oxygen atoms in total. The zero-order valence-electron chi connectivity index (χ0n) is 9.99. The summed E-state index contributed by atoms with van der Waals surface area (Å²) in [6.45, 7) is 1.89. The Morgan fingerprint density at radius 3 is 2.56 bits per heavy atom. The van der Waals surface area contributed by atoms with E-state index < -0.39 is 0 Å². The lowest BCUT2D eigenvalue weighted by atomic mass is 9.84. The molecule has 0 radical (unpaired) electrons. The predicted octanol–water partition coefficient (Wildman–Crippen LogP) is 1.63. The topological polar surface area (TPSA) is 76.8 Å². The molecule has 1 unspecified atom stereocenters. The van der Waals surface area contributed by atoms with E-state index in [1.165, 1.54) is 19.3 Å². The van der Waals surface area contributed by atoms with Gasteiger partial charge in [0.2, 0.25) is 0 Å². The molecule has 1 saturated carbocycles. The lowest BCUT2D eigenvalue weighted by molar-refractivity contribution is -0.0512. The fourth-order valence-corrected chi connectivity index (χ4v) is 2.32. The molecule has 0 aliphatic heterocycles. The summed E-state index contributed by atoms with van der Waals surface area (Å²) in [5.41, 5.74) is 5.48. The number of ether oxygens (including phenoxy) is 1. The van der Waals surface area contributed by atoms with Crippen molar-refractivity contribution in [1.82, 2.24) is 15.2 Å². The molecule has 1 aromatic rings. The van der Waals surface area contributed by atoms with Crippen LogP contribution in [0.15, 0.2) is 0 Å². The number of hydrogen-bond donors (Lipinski definition) is 2. The first kappa shape index (κ1) is 11.5. The molecule has 3 N–H and O–H groups in total. The van der Waals surface area contributed by atoms with E-state index in [2.05, 4.69) is 15.2 Å². The lowest BCUT2D eigenvalue weighted by Crippen LogP contribution is -2.32. The van der Waals surface area contributed by atoms with Crippen LogP contribution in [0.3, 0.4) is 0 Å². The highest BCUT2D eigenvalue weighted by Crippen LogP contribution is 2.38. The summed E-state index contributed by atoms with van der Waals surface area (Å²) < 4.78 is 5.67. The monoisotopic (exact) mass is 224 g/mol. The average molecular weight is 224 g/mol. The SMILES string of the molecule is COC1(c2n[nH]c(C(C)N)n2)CCCCC1. The Hall–Kier alpha value is -0.940. The summed E-state index contributed by atoms with van der Waals surface area (Å²) in [5.74, 6) is 1.50. The zero-order valence-corrected chi connectivity index (χ0v) is 9.99. The van der Waals surface area contributed by atoms with Gasteiger partial charge in [-0.05, 0) is 19.8 Å². The third-order valence-corrected chi connectivity index (χ3v) is 3.39. The van der Waals surface area contributed by atoms with Crippen molar-refractivity contribution >= 4 is 0 Å². The minimum atomic E-state index is -0.290. The van der Waals surface area contributed by atoms with Crippen molar-refractivity contribution in [2.24, 2.45) is 5.73 Å². The van der Waals surface area contributed by atoms with Crippen molar-refractivity contribution in [3.05, 3.63) is 11.6 Å². The van der Waals surface area contributed by atoms with Crippen LogP contribution in [0.5, 0.6) is 0 Å². The first-order valence-corrected chi connectivity index (χ1v) is 5.91. The molecule has 0 aromatic carbocycles. The molecular weight excluding hydrogens is 204 g/mol. The van der Waals surface area contributed by atoms with Gasteiger partial charge in [0, 0.05) is 7.11 Å². The second kappa shape index (κ2) is 4.51. The van der Waals surface area contributed by atoms with Crippen molar-refractivity contribution in [3.8, 4) is 0 Å². The van der Waals surface area contributed by atoms with E-state index in [4.69, 9.17) is 10.5 Å². The van der Waals surface area contributed by atoms with Gasteiger partial charge >= 0.3 is 0 Å². The number of nitrogens with one attached hydrogen (secondary N) is 1. The number of nitrogens with zero attached hydrogens (tertiary/aromatic N) is 2. The summed E-state index contributed by atoms with van der Waals surface area (Å²) >= 11 is 0. The Balaban J connectivity index is 2.25. The fourth-order valence-electron chi connectivity index (χ4n) is 2.32. The number of methoxy groups -OCH3 is 1. The third kappa shape index (κ3) is 1.97. The van der Waals surface area contributed by atoms with Gasteiger partial charge in [0.25, 0.3) is 0 Å². The van der Waals surface area contributed by atoms with Crippen LogP contribution in [-0.2, 0) is 10.3 Å². The van der Waals surface area contributed by atoms with E-state index in [1.54, 1.807) is 7.11 Å². The van der Waals surface area contributed by atoms with Gasteiger partial charge in [-0.3, -0.25) is 5.10 Å². The summed E-state index contributed by atoms with van der Waals surface area (Å²) in [6.07, 6.45) is 5.63. The van der Waals surface area contributed by atoms with E-state index in [0.717, 1.165) is 24.5 Å². The molecular formula is C11H20N4O. The molecule has 16 heavy (non-hydrogen) atoms. The summed E-state index contributed by atoms with van der Waals surface area (Å²) in [6, 6.07) is -0.112. The van der Waals surface area contributed by atoms with E-state index in [1.807, 2.05) is 6.92 Å². The molecule has 90 valence electrons. The van der Waals surface area contributed by atoms with Crippen molar-refractivity contribution in [2.45, 2.75) is 50.7 Å². The van der Waals surface area contributed by atoms with Gasteiger partial charge < -0.3 is 10.5 Å². The standard InChI is InChI=1S/C11H20N4O/c1-8(12)9-13-10(15-14-9)11(16-2)6-4-3-5-7-11/h8H,3-7,12H2,1-2H3,(H,13,14,15). The molecule has 5 heteroatoms. The van der Waals surface area contributed by atoms with Crippen LogP contribution in [0, 0.1) is 0 Å². The van der Waals surface area contributed by atoms with Crippen molar-refractivity contribution in [2.75, 3.05) is 7.11 Å². The maximum atomic E-state index is 5.77. The molecule has 0 amide bonds. The highest BCUT2D eigenvalue weighted by molar-refractivity contribution is 5.06. The zero-order chi connectivity index (χ0) is 11.6. The summed E-state index contributed by atoms with van der Waals surface area (Å²) in [4.78, 5) is 4.46.